The molecule has 1 aromatic heterocycles. The molecule has 0 aliphatic rings. The van der Waals surface area contributed by atoms with Gasteiger partial charge in [0.2, 0.25) is 5.91 Å². The van der Waals surface area contributed by atoms with Crippen LogP contribution in [0.4, 0.5) is 4.39 Å². The molecular formula is C16H20FN3O2S2. The number of carbonyl (C=O) groups excluding carboxylic acids is 1. The Bertz CT molecular complexity index is 679. The Morgan fingerprint density at radius 1 is 1.42 bits per heavy atom. The van der Waals surface area contributed by atoms with Crippen LogP contribution in [0.25, 0.3) is 0 Å². The van der Waals surface area contributed by atoms with Gasteiger partial charge >= 0.3 is 0 Å². The topological polar surface area (TPSA) is 55.3 Å². The van der Waals surface area contributed by atoms with Crippen LogP contribution in [0.15, 0.2) is 28.6 Å². The van der Waals surface area contributed by atoms with Gasteiger partial charge in [0, 0.05) is 13.1 Å². The molecule has 0 radical (unpaired) electrons. The Balaban J connectivity index is 1.88. The van der Waals surface area contributed by atoms with Gasteiger partial charge < -0.3 is 9.64 Å². The molecule has 130 valence electrons. The SMILES string of the molecule is CCN(Cc1cccc(F)c1)C(=O)CSc1nnc(OC(C)C)s1. The average molecular weight is 369 g/mol. The Kier molecular flexibility index (Phi) is 6.99. The summed E-state index contributed by atoms with van der Waals surface area (Å²) in [5, 5.41) is 8.45. The number of aromatic nitrogens is 2. The average Bonchev–Trinajstić information content (AvgIpc) is 2.97. The minimum atomic E-state index is -0.295. The number of benzene rings is 1. The summed E-state index contributed by atoms with van der Waals surface area (Å²) in [7, 11) is 0. The van der Waals surface area contributed by atoms with Gasteiger partial charge in [0.1, 0.15) is 5.82 Å². The Morgan fingerprint density at radius 3 is 2.88 bits per heavy atom. The maximum atomic E-state index is 13.3. The fraction of sp³-hybridized carbons (Fsp3) is 0.438. The molecule has 0 N–H and O–H groups in total. The van der Waals surface area contributed by atoms with E-state index in [9.17, 15) is 9.18 Å². The number of thioether (sulfide) groups is 1. The van der Waals surface area contributed by atoms with Crippen LogP contribution in [0, 0.1) is 5.82 Å². The highest BCUT2D eigenvalue weighted by atomic mass is 32.2. The van der Waals surface area contributed by atoms with E-state index in [2.05, 4.69) is 10.2 Å². The van der Waals surface area contributed by atoms with Crippen molar-refractivity contribution in [1.82, 2.24) is 15.1 Å². The van der Waals surface area contributed by atoms with Gasteiger partial charge in [0.05, 0.1) is 11.9 Å². The first-order valence-electron chi connectivity index (χ1n) is 7.63. The summed E-state index contributed by atoms with van der Waals surface area (Å²) in [6, 6.07) is 6.30. The summed E-state index contributed by atoms with van der Waals surface area (Å²) < 4.78 is 19.4. The highest BCUT2D eigenvalue weighted by Gasteiger charge is 2.15. The molecule has 2 aromatic rings. The van der Waals surface area contributed by atoms with Crippen molar-refractivity contribution in [3.8, 4) is 5.19 Å². The molecule has 0 aliphatic carbocycles. The van der Waals surface area contributed by atoms with E-state index in [4.69, 9.17) is 4.74 Å². The molecule has 8 heteroatoms. The molecular weight excluding hydrogens is 349 g/mol. The van der Waals surface area contributed by atoms with E-state index in [1.54, 1.807) is 11.0 Å². The van der Waals surface area contributed by atoms with Gasteiger partial charge in [-0.1, -0.05) is 29.0 Å². The first-order chi connectivity index (χ1) is 11.5. The molecule has 1 heterocycles. The lowest BCUT2D eigenvalue weighted by atomic mass is 10.2. The quantitative estimate of drug-likeness (QED) is 0.666. The van der Waals surface area contributed by atoms with Crippen LogP contribution >= 0.6 is 23.1 Å². The summed E-state index contributed by atoms with van der Waals surface area (Å²) >= 11 is 2.66. The van der Waals surface area contributed by atoms with E-state index in [-0.39, 0.29) is 23.6 Å². The largest absolute Gasteiger partial charge is 0.466 e. The molecule has 0 fully saturated rings. The molecule has 0 bridgehead atoms. The highest BCUT2D eigenvalue weighted by Crippen LogP contribution is 2.27. The van der Waals surface area contributed by atoms with Gasteiger partial charge in [0.25, 0.3) is 5.19 Å². The number of ether oxygens (including phenoxy) is 1. The Labute approximate surface area is 149 Å². The maximum Gasteiger partial charge on any atom is 0.295 e. The normalized spacial score (nSPS) is 10.9. The molecule has 1 amide bonds. The first kappa shape index (κ1) is 18.7. The second-order valence-corrected chi connectivity index (χ2v) is 7.49. The van der Waals surface area contributed by atoms with E-state index in [1.807, 2.05) is 26.8 Å². The fourth-order valence-electron chi connectivity index (χ4n) is 1.95. The molecule has 5 nitrogen and oxygen atoms in total. The number of carbonyl (C=O) groups is 1. The highest BCUT2D eigenvalue weighted by molar-refractivity contribution is 8.01. The monoisotopic (exact) mass is 369 g/mol. The third kappa shape index (κ3) is 5.76. The Hall–Kier alpha value is -1.67. The molecule has 1 aromatic carbocycles. The van der Waals surface area contributed by atoms with Crippen LogP contribution in [0.1, 0.15) is 26.3 Å². The van der Waals surface area contributed by atoms with E-state index < -0.39 is 0 Å². The van der Waals surface area contributed by atoms with E-state index in [0.717, 1.165) is 5.56 Å². The number of nitrogens with zero attached hydrogens (tertiary/aromatic N) is 3. The number of rotatable bonds is 8. The molecule has 0 saturated heterocycles. The van der Waals surface area contributed by atoms with Gasteiger partial charge in [-0.15, -0.1) is 5.10 Å². The van der Waals surface area contributed by atoms with Crippen molar-refractivity contribution in [3.63, 3.8) is 0 Å². The number of halogens is 1. The summed E-state index contributed by atoms with van der Waals surface area (Å²) in [6.45, 7) is 6.70. The van der Waals surface area contributed by atoms with Crippen molar-refractivity contribution in [1.29, 1.82) is 0 Å². The zero-order chi connectivity index (χ0) is 17.5. The summed E-state index contributed by atoms with van der Waals surface area (Å²) in [4.78, 5) is 14.0. The van der Waals surface area contributed by atoms with Gasteiger partial charge in [-0.2, -0.15) is 0 Å². The van der Waals surface area contributed by atoms with Gasteiger partial charge in [-0.25, -0.2) is 4.39 Å². The number of hydrogen-bond donors (Lipinski definition) is 0. The lowest BCUT2D eigenvalue weighted by Crippen LogP contribution is -2.31. The second kappa shape index (κ2) is 8.98. The van der Waals surface area contributed by atoms with Crippen LogP contribution in [0.5, 0.6) is 5.19 Å². The van der Waals surface area contributed by atoms with Crippen molar-refractivity contribution < 1.29 is 13.9 Å². The maximum absolute atomic E-state index is 13.3. The van der Waals surface area contributed by atoms with Crippen LogP contribution in [0.2, 0.25) is 0 Å². The zero-order valence-corrected chi connectivity index (χ0v) is 15.5. The lowest BCUT2D eigenvalue weighted by molar-refractivity contribution is -0.128. The molecule has 24 heavy (non-hydrogen) atoms. The molecule has 2 rings (SSSR count). The smallest absolute Gasteiger partial charge is 0.295 e. The lowest BCUT2D eigenvalue weighted by Gasteiger charge is -2.20. The number of amides is 1. The summed E-state index contributed by atoms with van der Waals surface area (Å²) in [6.07, 6.45) is 0.0410. The molecule has 0 atom stereocenters. The summed E-state index contributed by atoms with van der Waals surface area (Å²) in [5.41, 5.74) is 0.777. The van der Waals surface area contributed by atoms with Crippen molar-refractivity contribution in [3.05, 3.63) is 35.6 Å². The predicted octanol–water partition coefficient (Wildman–Crippen LogP) is 3.61. The van der Waals surface area contributed by atoms with Gasteiger partial charge in [-0.05, 0) is 49.8 Å². The van der Waals surface area contributed by atoms with Gasteiger partial charge in [0.15, 0.2) is 4.34 Å². The van der Waals surface area contributed by atoms with Crippen molar-refractivity contribution in [2.45, 2.75) is 37.8 Å². The zero-order valence-electron chi connectivity index (χ0n) is 13.9. The van der Waals surface area contributed by atoms with E-state index in [0.29, 0.717) is 22.6 Å². The predicted molar refractivity (Wildman–Crippen MR) is 93.9 cm³/mol. The van der Waals surface area contributed by atoms with Crippen LogP contribution in [0.3, 0.4) is 0 Å². The summed E-state index contributed by atoms with van der Waals surface area (Å²) in [5.74, 6) is -0.0513. The van der Waals surface area contributed by atoms with Crippen molar-refractivity contribution in [2.75, 3.05) is 12.3 Å². The molecule has 0 spiro atoms. The number of hydrogen-bond acceptors (Lipinski definition) is 6. The third-order valence-corrected chi connectivity index (χ3v) is 4.97. The van der Waals surface area contributed by atoms with E-state index >= 15 is 0 Å². The second-order valence-electron chi connectivity index (χ2n) is 5.33. The molecule has 0 saturated carbocycles. The van der Waals surface area contributed by atoms with Crippen LogP contribution < -0.4 is 4.74 Å². The minimum Gasteiger partial charge on any atom is -0.466 e. The minimum absolute atomic E-state index is 0.0201. The Morgan fingerprint density at radius 2 is 2.21 bits per heavy atom. The van der Waals surface area contributed by atoms with Crippen molar-refractivity contribution >= 4 is 29.0 Å². The van der Waals surface area contributed by atoms with Crippen LogP contribution in [-0.2, 0) is 11.3 Å². The van der Waals surface area contributed by atoms with Crippen molar-refractivity contribution in [2.24, 2.45) is 0 Å². The molecule has 0 unspecified atom stereocenters. The van der Waals surface area contributed by atoms with Crippen LogP contribution in [-0.4, -0.2) is 39.4 Å². The molecule has 0 aliphatic heterocycles. The van der Waals surface area contributed by atoms with Gasteiger partial charge in [-0.3, -0.25) is 4.79 Å². The van der Waals surface area contributed by atoms with E-state index in [1.165, 1.54) is 35.2 Å². The third-order valence-electron chi connectivity index (χ3n) is 3.04. The fourth-order valence-corrected chi connectivity index (χ4v) is 3.66. The first-order valence-corrected chi connectivity index (χ1v) is 9.43. The standard InChI is InChI=1S/C16H20FN3O2S2/c1-4-20(9-12-6-5-7-13(17)8-12)14(21)10-23-16-19-18-15(24-16)22-11(2)3/h5-8,11H,4,9-10H2,1-3H3.